The van der Waals surface area contributed by atoms with E-state index in [1.165, 1.54) is 0 Å². The zero-order valence-corrected chi connectivity index (χ0v) is 11.9. The molecule has 102 valence electrons. The topological polar surface area (TPSA) is 44.8 Å². The monoisotopic (exact) mass is 246 g/mol. The van der Waals surface area contributed by atoms with Crippen molar-refractivity contribution < 1.29 is 19.3 Å². The second-order valence-corrected chi connectivity index (χ2v) is 5.23. The lowest BCUT2D eigenvalue weighted by molar-refractivity contribution is -0.308. The molecule has 0 fully saturated rings. The Hall–Kier alpha value is -0.770. The Morgan fingerprint density at radius 1 is 1.24 bits per heavy atom. The maximum atomic E-state index is 11.2. The summed E-state index contributed by atoms with van der Waals surface area (Å²) in [6, 6.07) is 0. The Morgan fingerprint density at radius 3 is 2.24 bits per heavy atom. The van der Waals surface area contributed by atoms with Crippen molar-refractivity contribution in [3.63, 3.8) is 0 Å². The van der Waals surface area contributed by atoms with Gasteiger partial charge in [-0.05, 0) is 32.1 Å². The van der Waals surface area contributed by atoms with E-state index in [1.807, 2.05) is 6.92 Å². The maximum absolute atomic E-state index is 11.2. The largest absolute Gasteiger partial charge is 0.540 e. The van der Waals surface area contributed by atoms with Crippen LogP contribution in [0.25, 0.3) is 0 Å². The molecule has 1 unspecified atom stereocenters. The fourth-order valence-corrected chi connectivity index (χ4v) is 1.87. The molecule has 0 aromatic heterocycles. The summed E-state index contributed by atoms with van der Waals surface area (Å²) in [5, 5.41) is 0. The van der Waals surface area contributed by atoms with Gasteiger partial charge in [0.1, 0.15) is 6.10 Å². The Bertz CT molecular complexity index is 223. The lowest BCUT2D eigenvalue weighted by Gasteiger charge is -2.31. The highest BCUT2D eigenvalue weighted by molar-refractivity contribution is 5.59. The Labute approximate surface area is 105 Å². The fraction of sp³-hybridized carbons (Fsp3) is 0.923. The van der Waals surface area contributed by atoms with Crippen molar-refractivity contribution in [2.45, 2.75) is 73.0 Å². The number of rotatable bonds is 7. The van der Waals surface area contributed by atoms with Crippen LogP contribution in [-0.4, -0.2) is 18.4 Å². The molecule has 17 heavy (non-hydrogen) atoms. The summed E-state index contributed by atoms with van der Waals surface area (Å²) in [5.74, 6) is 0. The van der Waals surface area contributed by atoms with E-state index < -0.39 is 6.16 Å². The first-order valence-electron chi connectivity index (χ1n) is 6.37. The van der Waals surface area contributed by atoms with E-state index in [4.69, 9.17) is 9.62 Å². The third-order valence-corrected chi connectivity index (χ3v) is 2.70. The summed E-state index contributed by atoms with van der Waals surface area (Å²) >= 11 is 0. The van der Waals surface area contributed by atoms with Gasteiger partial charge in [-0.1, -0.05) is 34.1 Å². The van der Waals surface area contributed by atoms with Gasteiger partial charge in [0, 0.05) is 0 Å². The second kappa shape index (κ2) is 7.54. The molecule has 4 heteroatoms. The summed E-state index contributed by atoms with van der Waals surface area (Å²) in [6.45, 7) is 11.9. The van der Waals surface area contributed by atoms with Gasteiger partial charge in [-0.2, -0.15) is 4.89 Å². The van der Waals surface area contributed by atoms with E-state index in [9.17, 15) is 4.79 Å². The standard InChI is InChI=1S/C13H26O4/c1-7-9-13(5,6)11(8-2)16-17-12(14)15-10(3)4/h10-11H,7-9H2,1-6H3. The van der Waals surface area contributed by atoms with E-state index in [2.05, 4.69) is 25.7 Å². The molecule has 1 atom stereocenters. The predicted molar refractivity (Wildman–Crippen MR) is 66.6 cm³/mol. The highest BCUT2D eigenvalue weighted by atomic mass is 17.2. The van der Waals surface area contributed by atoms with E-state index in [-0.39, 0.29) is 17.6 Å². The molecule has 0 amide bonds. The van der Waals surface area contributed by atoms with Crippen LogP contribution in [0.4, 0.5) is 4.79 Å². The van der Waals surface area contributed by atoms with Crippen LogP contribution >= 0.6 is 0 Å². The minimum absolute atomic E-state index is 0.0123. The van der Waals surface area contributed by atoms with E-state index in [0.29, 0.717) is 0 Å². The Morgan fingerprint density at radius 2 is 1.82 bits per heavy atom. The van der Waals surface area contributed by atoms with Crippen LogP contribution < -0.4 is 0 Å². The van der Waals surface area contributed by atoms with Gasteiger partial charge in [0.15, 0.2) is 0 Å². The van der Waals surface area contributed by atoms with E-state index >= 15 is 0 Å². The smallest absolute Gasteiger partial charge is 0.430 e. The molecule has 0 saturated heterocycles. The maximum Gasteiger partial charge on any atom is 0.540 e. The first-order valence-corrected chi connectivity index (χ1v) is 6.37. The van der Waals surface area contributed by atoms with Gasteiger partial charge >= 0.3 is 6.16 Å². The molecule has 0 rings (SSSR count). The molecule has 4 nitrogen and oxygen atoms in total. The third-order valence-electron chi connectivity index (χ3n) is 2.70. The summed E-state index contributed by atoms with van der Waals surface area (Å²) in [7, 11) is 0. The van der Waals surface area contributed by atoms with Crippen LogP contribution in [0.5, 0.6) is 0 Å². The number of ether oxygens (including phenoxy) is 1. The van der Waals surface area contributed by atoms with Gasteiger partial charge in [0.2, 0.25) is 0 Å². The third kappa shape index (κ3) is 6.51. The van der Waals surface area contributed by atoms with Crippen LogP contribution in [-0.2, 0) is 14.5 Å². The average Bonchev–Trinajstić information content (AvgIpc) is 2.16. The SMILES string of the molecule is CCCC(C)(C)C(CC)OOC(=O)OC(C)C. The summed E-state index contributed by atoms with van der Waals surface area (Å²) in [5.41, 5.74) is -0.0123. The summed E-state index contributed by atoms with van der Waals surface area (Å²) in [4.78, 5) is 21.1. The average molecular weight is 246 g/mol. The molecule has 0 aromatic carbocycles. The molecule has 0 saturated carbocycles. The quantitative estimate of drug-likeness (QED) is 0.385. The molecule has 0 heterocycles. The van der Waals surface area contributed by atoms with Crippen LogP contribution in [0.3, 0.4) is 0 Å². The van der Waals surface area contributed by atoms with Crippen LogP contribution in [0.2, 0.25) is 0 Å². The molecular weight excluding hydrogens is 220 g/mol. The van der Waals surface area contributed by atoms with E-state index in [0.717, 1.165) is 19.3 Å². The van der Waals surface area contributed by atoms with Crippen LogP contribution in [0.1, 0.15) is 60.8 Å². The molecule has 0 aliphatic heterocycles. The van der Waals surface area contributed by atoms with Gasteiger partial charge in [-0.25, -0.2) is 4.79 Å². The molecule has 0 N–H and O–H groups in total. The van der Waals surface area contributed by atoms with Gasteiger partial charge in [0.25, 0.3) is 0 Å². The minimum Gasteiger partial charge on any atom is -0.430 e. The normalized spacial score (nSPS) is 13.6. The van der Waals surface area contributed by atoms with Crippen molar-refractivity contribution in [2.24, 2.45) is 5.41 Å². The second-order valence-electron chi connectivity index (χ2n) is 5.23. The van der Waals surface area contributed by atoms with Gasteiger partial charge < -0.3 is 4.74 Å². The van der Waals surface area contributed by atoms with Crippen LogP contribution in [0.15, 0.2) is 0 Å². The highest BCUT2D eigenvalue weighted by Gasteiger charge is 2.30. The number of carbonyl (C=O) groups is 1. The zero-order chi connectivity index (χ0) is 13.5. The van der Waals surface area contributed by atoms with Gasteiger partial charge in [-0.15, -0.1) is 0 Å². The molecule has 0 bridgehead atoms. The lowest BCUT2D eigenvalue weighted by Crippen LogP contribution is -2.32. The number of carbonyl (C=O) groups excluding carboxylic acids is 1. The van der Waals surface area contributed by atoms with Crippen molar-refractivity contribution in [2.75, 3.05) is 0 Å². The van der Waals surface area contributed by atoms with Gasteiger partial charge in [-0.3, -0.25) is 4.89 Å². The van der Waals surface area contributed by atoms with Crippen molar-refractivity contribution in [1.29, 1.82) is 0 Å². The van der Waals surface area contributed by atoms with E-state index in [1.54, 1.807) is 13.8 Å². The number of hydrogen-bond acceptors (Lipinski definition) is 4. The zero-order valence-electron chi connectivity index (χ0n) is 11.9. The molecule has 0 radical (unpaired) electrons. The molecule has 0 spiro atoms. The molecule has 0 aliphatic carbocycles. The number of hydrogen-bond donors (Lipinski definition) is 0. The highest BCUT2D eigenvalue weighted by Crippen LogP contribution is 2.31. The molecule has 0 aromatic rings. The first-order chi connectivity index (χ1) is 7.83. The molecule has 0 aliphatic rings. The predicted octanol–water partition coefficient (Wildman–Crippen LogP) is 4.08. The van der Waals surface area contributed by atoms with Crippen molar-refractivity contribution >= 4 is 6.16 Å². The first kappa shape index (κ1) is 16.2. The van der Waals surface area contributed by atoms with Crippen molar-refractivity contribution in [3.8, 4) is 0 Å². The Balaban J connectivity index is 4.18. The Kier molecular flexibility index (Phi) is 7.19. The van der Waals surface area contributed by atoms with Crippen molar-refractivity contribution in [3.05, 3.63) is 0 Å². The fourth-order valence-electron chi connectivity index (χ4n) is 1.87. The summed E-state index contributed by atoms with van der Waals surface area (Å²) < 4.78 is 4.83. The minimum atomic E-state index is -0.772. The van der Waals surface area contributed by atoms with Crippen molar-refractivity contribution in [1.82, 2.24) is 0 Å². The molecular formula is C13H26O4. The summed E-state index contributed by atoms with van der Waals surface area (Å²) in [6.07, 6.45) is 1.81. The lowest BCUT2D eigenvalue weighted by atomic mass is 9.81. The van der Waals surface area contributed by atoms with Crippen LogP contribution in [0, 0.1) is 5.41 Å². The van der Waals surface area contributed by atoms with Gasteiger partial charge in [0.05, 0.1) is 6.10 Å².